The minimum atomic E-state index is -0.913. The van der Waals surface area contributed by atoms with Gasteiger partial charge >= 0.3 is 5.97 Å². The van der Waals surface area contributed by atoms with Gasteiger partial charge in [-0.15, -0.1) is 0 Å². The molecule has 2 aliphatic rings. The Kier molecular flexibility index (Phi) is 6.59. The van der Waals surface area contributed by atoms with E-state index in [1.54, 1.807) is 37.3 Å². The number of hydrogen-bond donors (Lipinski definition) is 3. The minimum Gasteiger partial charge on any atom is -0.506 e. The largest absolute Gasteiger partial charge is 0.506 e. The third-order valence-electron chi connectivity index (χ3n) is 6.06. The fourth-order valence-electron chi connectivity index (χ4n) is 4.25. The summed E-state index contributed by atoms with van der Waals surface area (Å²) in [6.45, 7) is 2.10. The number of hydrogen-bond acceptors (Lipinski definition) is 9. The summed E-state index contributed by atoms with van der Waals surface area (Å²) >= 11 is 0. The lowest BCUT2D eigenvalue weighted by Gasteiger charge is -2.19. The van der Waals surface area contributed by atoms with Crippen LogP contribution in [-0.4, -0.2) is 42.2 Å². The number of aromatic nitrogens is 1. The molecule has 0 unspecified atom stereocenters. The topological polar surface area (TPSA) is 145 Å². The number of pyridine rings is 1. The SMILES string of the molecule is CCOC(=O)c1c[nH]c(=O)c([C@H](CC(=O)NCc2ccc3c(c2)OCO3)c2ccc3c(c2)OCO3)c1O. The number of nitrogens with one attached hydrogen (secondary N) is 2. The van der Waals surface area contributed by atoms with E-state index in [-0.39, 0.29) is 50.2 Å². The number of ether oxygens (including phenoxy) is 5. The lowest BCUT2D eigenvalue weighted by molar-refractivity contribution is -0.121. The Morgan fingerprint density at radius 1 is 1.03 bits per heavy atom. The van der Waals surface area contributed by atoms with Gasteiger partial charge in [0.15, 0.2) is 23.0 Å². The second kappa shape index (κ2) is 10.1. The predicted molar refractivity (Wildman–Crippen MR) is 128 cm³/mol. The zero-order valence-corrected chi connectivity index (χ0v) is 19.9. The van der Waals surface area contributed by atoms with Gasteiger partial charge in [0.25, 0.3) is 5.56 Å². The van der Waals surface area contributed by atoms with Crippen LogP contribution in [0.2, 0.25) is 0 Å². The normalized spacial score (nSPS) is 13.8. The van der Waals surface area contributed by atoms with Crippen LogP contribution in [0.1, 0.15) is 46.3 Å². The van der Waals surface area contributed by atoms with Crippen molar-refractivity contribution in [2.45, 2.75) is 25.8 Å². The molecule has 11 nitrogen and oxygen atoms in total. The van der Waals surface area contributed by atoms with Crippen molar-refractivity contribution < 1.29 is 38.4 Å². The van der Waals surface area contributed by atoms with Gasteiger partial charge < -0.3 is 39.1 Å². The molecule has 192 valence electrons. The number of H-pyrrole nitrogens is 1. The molecule has 0 fully saturated rings. The average Bonchev–Trinajstić information content (AvgIpc) is 3.55. The molecule has 2 aromatic carbocycles. The fourth-order valence-corrected chi connectivity index (χ4v) is 4.25. The van der Waals surface area contributed by atoms with Gasteiger partial charge in [0.1, 0.15) is 11.3 Å². The number of amides is 1. The Hall–Kier alpha value is -4.67. The van der Waals surface area contributed by atoms with Gasteiger partial charge in [-0.3, -0.25) is 9.59 Å². The molecule has 3 aromatic rings. The molecule has 0 bridgehead atoms. The Morgan fingerprint density at radius 2 is 1.70 bits per heavy atom. The number of benzene rings is 2. The van der Waals surface area contributed by atoms with E-state index < -0.39 is 23.2 Å². The van der Waals surface area contributed by atoms with Crippen molar-refractivity contribution in [3.05, 3.63) is 75.2 Å². The molecule has 0 saturated carbocycles. The van der Waals surface area contributed by atoms with Gasteiger partial charge in [-0.05, 0) is 42.3 Å². The van der Waals surface area contributed by atoms with E-state index in [2.05, 4.69) is 10.3 Å². The molecule has 11 heteroatoms. The van der Waals surface area contributed by atoms with Gasteiger partial charge in [0, 0.05) is 25.1 Å². The number of fused-ring (bicyclic) bond motifs is 2. The summed E-state index contributed by atoms with van der Waals surface area (Å²) in [5.41, 5.74) is 0.328. The summed E-state index contributed by atoms with van der Waals surface area (Å²) < 4.78 is 26.5. The van der Waals surface area contributed by atoms with Crippen LogP contribution in [0.4, 0.5) is 0 Å². The molecule has 37 heavy (non-hydrogen) atoms. The maximum atomic E-state index is 13.1. The van der Waals surface area contributed by atoms with Gasteiger partial charge in [-0.2, -0.15) is 0 Å². The highest BCUT2D eigenvalue weighted by Crippen LogP contribution is 2.39. The third kappa shape index (κ3) is 4.88. The monoisotopic (exact) mass is 508 g/mol. The number of carbonyl (C=O) groups excluding carboxylic acids is 2. The smallest absolute Gasteiger partial charge is 0.343 e. The predicted octanol–water partition coefficient (Wildman–Crippen LogP) is 2.55. The summed E-state index contributed by atoms with van der Waals surface area (Å²) in [6.07, 6.45) is 0.892. The maximum Gasteiger partial charge on any atom is 0.343 e. The highest BCUT2D eigenvalue weighted by Gasteiger charge is 2.29. The van der Waals surface area contributed by atoms with Crippen LogP contribution < -0.4 is 29.8 Å². The molecule has 0 radical (unpaired) electrons. The number of aromatic amines is 1. The summed E-state index contributed by atoms with van der Waals surface area (Å²) in [7, 11) is 0. The Morgan fingerprint density at radius 3 is 2.43 bits per heavy atom. The number of carbonyl (C=O) groups is 2. The first kappa shape index (κ1) is 24.0. The maximum absolute atomic E-state index is 13.1. The van der Waals surface area contributed by atoms with Crippen LogP contribution >= 0.6 is 0 Å². The van der Waals surface area contributed by atoms with Crippen molar-refractivity contribution in [3.63, 3.8) is 0 Å². The van der Waals surface area contributed by atoms with Gasteiger partial charge in [0.2, 0.25) is 19.5 Å². The summed E-state index contributed by atoms with van der Waals surface area (Å²) in [5, 5.41) is 13.8. The molecular weight excluding hydrogens is 484 g/mol. The minimum absolute atomic E-state index is 0.0453. The summed E-state index contributed by atoms with van der Waals surface area (Å²) in [5.74, 6) is -0.451. The Labute approximate surface area is 210 Å². The molecule has 1 aromatic heterocycles. The van der Waals surface area contributed by atoms with Crippen molar-refractivity contribution >= 4 is 11.9 Å². The van der Waals surface area contributed by atoms with Crippen molar-refractivity contribution in [2.24, 2.45) is 0 Å². The summed E-state index contributed by atoms with van der Waals surface area (Å²) in [4.78, 5) is 40.8. The fraction of sp³-hybridized carbons (Fsp3) is 0.269. The van der Waals surface area contributed by atoms with Crippen molar-refractivity contribution in [1.82, 2.24) is 10.3 Å². The highest BCUT2D eigenvalue weighted by molar-refractivity contribution is 5.92. The van der Waals surface area contributed by atoms with Crippen LogP contribution in [0.3, 0.4) is 0 Å². The van der Waals surface area contributed by atoms with Crippen LogP contribution in [0.15, 0.2) is 47.4 Å². The van der Waals surface area contributed by atoms with Gasteiger partial charge in [-0.25, -0.2) is 4.79 Å². The van der Waals surface area contributed by atoms with E-state index in [1.807, 2.05) is 6.07 Å². The molecular formula is C26H24N2O9. The van der Waals surface area contributed by atoms with E-state index in [0.29, 0.717) is 28.6 Å². The first-order valence-corrected chi connectivity index (χ1v) is 11.6. The zero-order valence-electron chi connectivity index (χ0n) is 19.9. The highest BCUT2D eigenvalue weighted by atomic mass is 16.7. The quantitative estimate of drug-likeness (QED) is 0.391. The second-order valence-corrected chi connectivity index (χ2v) is 8.35. The standard InChI is InChI=1S/C26H24N2O9/c1-2-33-26(32)17-11-28-25(31)23(24(17)30)16(15-4-6-19-21(8-15)37-13-35-19)9-22(29)27-10-14-3-5-18-20(7-14)36-12-34-18/h3-8,11,16H,2,9-10,12-13H2,1H3,(H,27,29)(H2,28,30,31)/t16-/m1/s1. The molecule has 1 amide bonds. The Balaban J connectivity index is 1.44. The van der Waals surface area contributed by atoms with Gasteiger partial charge in [-0.1, -0.05) is 12.1 Å². The first-order valence-electron chi connectivity index (χ1n) is 11.6. The molecule has 5 rings (SSSR count). The van der Waals surface area contributed by atoms with Crippen LogP contribution in [0.25, 0.3) is 0 Å². The van der Waals surface area contributed by atoms with Crippen LogP contribution in [0, 0.1) is 0 Å². The third-order valence-corrected chi connectivity index (χ3v) is 6.06. The average molecular weight is 508 g/mol. The summed E-state index contributed by atoms with van der Waals surface area (Å²) in [6, 6.07) is 10.3. The molecule has 2 aliphatic heterocycles. The van der Waals surface area contributed by atoms with Crippen molar-refractivity contribution in [2.75, 3.05) is 20.2 Å². The van der Waals surface area contributed by atoms with E-state index in [4.69, 9.17) is 23.7 Å². The van der Waals surface area contributed by atoms with Crippen LogP contribution in [0.5, 0.6) is 28.7 Å². The lowest BCUT2D eigenvalue weighted by atomic mass is 9.87. The van der Waals surface area contributed by atoms with Crippen molar-refractivity contribution in [1.29, 1.82) is 0 Å². The Bertz CT molecular complexity index is 1420. The van der Waals surface area contributed by atoms with E-state index in [1.165, 1.54) is 0 Å². The van der Waals surface area contributed by atoms with Crippen molar-refractivity contribution in [3.8, 4) is 28.7 Å². The molecule has 3 N–H and O–H groups in total. The molecule has 0 spiro atoms. The second-order valence-electron chi connectivity index (χ2n) is 8.35. The van der Waals surface area contributed by atoms with Gasteiger partial charge in [0.05, 0.1) is 12.2 Å². The zero-order chi connectivity index (χ0) is 25.9. The van der Waals surface area contributed by atoms with E-state index in [0.717, 1.165) is 11.8 Å². The number of aromatic hydroxyl groups is 1. The lowest BCUT2D eigenvalue weighted by Crippen LogP contribution is -2.27. The molecule has 0 saturated heterocycles. The first-order chi connectivity index (χ1) is 17.9. The molecule has 1 atom stereocenters. The number of rotatable bonds is 8. The van der Waals surface area contributed by atoms with E-state index in [9.17, 15) is 19.5 Å². The number of esters is 1. The van der Waals surface area contributed by atoms with E-state index >= 15 is 0 Å². The van der Waals surface area contributed by atoms with Crippen LogP contribution in [-0.2, 0) is 16.1 Å². The molecule has 3 heterocycles. The molecule has 0 aliphatic carbocycles.